The van der Waals surface area contributed by atoms with Crippen LogP contribution in [0.4, 0.5) is 5.82 Å². The number of thiophene rings is 1. The fourth-order valence-corrected chi connectivity index (χ4v) is 3.43. The smallest absolute Gasteiger partial charge is 0.331 e. The fraction of sp³-hybridized carbons (Fsp3) is 0.357. The largest absolute Gasteiger partial charge is 0.479 e. The first-order chi connectivity index (χ1) is 10.2. The molecule has 0 saturated carbocycles. The Balaban J connectivity index is 1.98. The normalized spacial score (nSPS) is 17.4. The summed E-state index contributed by atoms with van der Waals surface area (Å²) in [5.41, 5.74) is 0.849. The first-order valence-corrected chi connectivity index (χ1v) is 7.59. The number of hydrogen-bond acceptors (Lipinski definition) is 6. The minimum absolute atomic E-state index is 0.412. The zero-order valence-corrected chi connectivity index (χ0v) is 12.3. The molecule has 1 aliphatic heterocycles. The summed E-state index contributed by atoms with van der Waals surface area (Å²) in [7, 11) is 0. The molecule has 1 N–H and O–H groups in total. The van der Waals surface area contributed by atoms with Gasteiger partial charge in [0, 0.05) is 11.4 Å². The molecule has 0 spiro atoms. The molecule has 3 rings (SSSR count). The van der Waals surface area contributed by atoms with Crippen LogP contribution in [0, 0.1) is 0 Å². The summed E-state index contributed by atoms with van der Waals surface area (Å²) in [6.07, 6.45) is 3.93. The summed E-state index contributed by atoms with van der Waals surface area (Å²) >= 11 is 1.60. The highest BCUT2D eigenvalue weighted by atomic mass is 32.1. The summed E-state index contributed by atoms with van der Waals surface area (Å²) in [4.78, 5) is 23.0. The molecule has 0 radical (unpaired) electrons. The summed E-state index contributed by atoms with van der Waals surface area (Å²) in [5, 5.41) is 11.5. The first-order valence-electron chi connectivity index (χ1n) is 6.71. The van der Waals surface area contributed by atoms with E-state index in [1.54, 1.807) is 22.4 Å². The van der Waals surface area contributed by atoms with Crippen LogP contribution in [0.2, 0.25) is 0 Å². The lowest BCUT2D eigenvalue weighted by atomic mass is 10.0. The van der Waals surface area contributed by atoms with Crippen molar-refractivity contribution in [1.29, 1.82) is 0 Å². The predicted octanol–water partition coefficient (Wildman–Crippen LogP) is 2.13. The van der Waals surface area contributed by atoms with E-state index in [0.29, 0.717) is 24.8 Å². The number of nitrogens with zero attached hydrogens (tertiary/aromatic N) is 3. The number of ether oxygens (including phenoxy) is 1. The van der Waals surface area contributed by atoms with Crippen LogP contribution < -0.4 is 9.64 Å². The molecule has 110 valence electrons. The maximum atomic E-state index is 11.7. The summed E-state index contributed by atoms with van der Waals surface area (Å²) in [5.74, 6) is 0.0680. The van der Waals surface area contributed by atoms with Crippen molar-refractivity contribution in [3.05, 3.63) is 34.3 Å². The van der Waals surface area contributed by atoms with E-state index in [0.717, 1.165) is 16.9 Å². The molecule has 3 heterocycles. The van der Waals surface area contributed by atoms with Crippen LogP contribution in [0.1, 0.15) is 23.4 Å². The van der Waals surface area contributed by atoms with Crippen molar-refractivity contribution in [2.45, 2.75) is 19.4 Å². The van der Waals surface area contributed by atoms with Crippen molar-refractivity contribution in [1.82, 2.24) is 9.97 Å². The number of carboxylic acid groups (broad SMARTS) is 1. The van der Waals surface area contributed by atoms with Gasteiger partial charge in [-0.25, -0.2) is 4.79 Å². The molecule has 2 aromatic rings. The van der Waals surface area contributed by atoms with Crippen molar-refractivity contribution >= 4 is 23.1 Å². The maximum Gasteiger partial charge on any atom is 0.331 e. The Kier molecular flexibility index (Phi) is 3.74. The molecule has 0 aliphatic carbocycles. The second-order valence-corrected chi connectivity index (χ2v) is 5.63. The standard InChI is InChI=1S/C14H15N3O3S/c1-2-20-12-8-15-7-11(16-12)17-5-3-10-9(4-6-21-10)13(17)14(18)19/h4,6-8,13H,2-3,5H2,1H3,(H,18,19). The van der Waals surface area contributed by atoms with E-state index in [1.807, 2.05) is 18.4 Å². The van der Waals surface area contributed by atoms with Gasteiger partial charge >= 0.3 is 5.97 Å². The number of rotatable bonds is 4. The van der Waals surface area contributed by atoms with Crippen molar-refractivity contribution in [2.75, 3.05) is 18.1 Å². The zero-order valence-electron chi connectivity index (χ0n) is 11.5. The topological polar surface area (TPSA) is 75.5 Å². The highest BCUT2D eigenvalue weighted by Crippen LogP contribution is 2.35. The number of hydrogen-bond donors (Lipinski definition) is 1. The van der Waals surface area contributed by atoms with Gasteiger partial charge < -0.3 is 14.7 Å². The summed E-state index contributed by atoms with van der Waals surface area (Å²) in [6, 6.07) is 1.16. The Morgan fingerprint density at radius 2 is 2.43 bits per heavy atom. The lowest BCUT2D eigenvalue weighted by Crippen LogP contribution is -2.39. The molecule has 0 fully saturated rings. The number of carboxylic acids is 1. The number of carbonyl (C=O) groups is 1. The molecular weight excluding hydrogens is 290 g/mol. The highest BCUT2D eigenvalue weighted by molar-refractivity contribution is 7.10. The molecule has 21 heavy (non-hydrogen) atoms. The van der Waals surface area contributed by atoms with Crippen LogP contribution >= 0.6 is 11.3 Å². The Labute approximate surface area is 126 Å². The fourth-order valence-electron chi connectivity index (χ4n) is 2.52. The number of aromatic nitrogens is 2. The van der Waals surface area contributed by atoms with Gasteiger partial charge in [0.25, 0.3) is 0 Å². The average molecular weight is 305 g/mol. The van der Waals surface area contributed by atoms with E-state index >= 15 is 0 Å². The molecule has 1 atom stereocenters. The van der Waals surface area contributed by atoms with Gasteiger partial charge in [-0.15, -0.1) is 11.3 Å². The molecule has 0 saturated heterocycles. The average Bonchev–Trinajstić information content (AvgIpc) is 2.95. The monoisotopic (exact) mass is 305 g/mol. The van der Waals surface area contributed by atoms with Gasteiger partial charge in [0.15, 0.2) is 11.9 Å². The molecule has 7 heteroatoms. The Bertz CT molecular complexity index is 658. The molecule has 0 aromatic carbocycles. The van der Waals surface area contributed by atoms with Gasteiger partial charge in [0.1, 0.15) is 0 Å². The van der Waals surface area contributed by atoms with E-state index in [-0.39, 0.29) is 0 Å². The molecule has 1 unspecified atom stereocenters. The third-order valence-corrected chi connectivity index (χ3v) is 4.38. The van der Waals surface area contributed by atoms with E-state index < -0.39 is 12.0 Å². The summed E-state index contributed by atoms with van der Waals surface area (Å²) in [6.45, 7) is 2.97. The van der Waals surface area contributed by atoms with Gasteiger partial charge in [0.2, 0.25) is 5.88 Å². The number of fused-ring (bicyclic) bond motifs is 1. The van der Waals surface area contributed by atoms with E-state index in [1.165, 1.54) is 6.20 Å². The Hall–Kier alpha value is -2.15. The molecule has 0 amide bonds. The Morgan fingerprint density at radius 1 is 1.57 bits per heavy atom. The van der Waals surface area contributed by atoms with Gasteiger partial charge in [-0.2, -0.15) is 4.98 Å². The van der Waals surface area contributed by atoms with Crippen LogP contribution in [-0.4, -0.2) is 34.2 Å². The second kappa shape index (κ2) is 5.69. The first kappa shape index (κ1) is 13.8. The van der Waals surface area contributed by atoms with Gasteiger partial charge in [0.05, 0.1) is 19.0 Å². The molecule has 2 aromatic heterocycles. The lowest BCUT2D eigenvalue weighted by Gasteiger charge is -2.33. The SMILES string of the molecule is CCOc1cncc(N2CCc3sccc3C2C(=O)O)n1. The second-order valence-electron chi connectivity index (χ2n) is 4.63. The van der Waals surface area contributed by atoms with Crippen LogP contribution in [0.25, 0.3) is 0 Å². The number of aliphatic carboxylic acids is 1. The van der Waals surface area contributed by atoms with E-state index in [4.69, 9.17) is 4.74 Å². The Morgan fingerprint density at radius 3 is 3.19 bits per heavy atom. The third-order valence-electron chi connectivity index (χ3n) is 3.39. The molecular formula is C14H15N3O3S. The zero-order chi connectivity index (χ0) is 14.8. The molecule has 0 bridgehead atoms. The number of anilines is 1. The summed E-state index contributed by atoms with van der Waals surface area (Å²) < 4.78 is 5.34. The van der Waals surface area contributed by atoms with E-state index in [2.05, 4.69) is 9.97 Å². The van der Waals surface area contributed by atoms with Crippen LogP contribution in [0.3, 0.4) is 0 Å². The molecule has 1 aliphatic rings. The van der Waals surface area contributed by atoms with Gasteiger partial charge in [-0.05, 0) is 30.4 Å². The minimum Gasteiger partial charge on any atom is -0.479 e. The predicted molar refractivity (Wildman–Crippen MR) is 78.9 cm³/mol. The van der Waals surface area contributed by atoms with Crippen molar-refractivity contribution < 1.29 is 14.6 Å². The van der Waals surface area contributed by atoms with Crippen LogP contribution in [0.15, 0.2) is 23.8 Å². The minimum atomic E-state index is -0.877. The third kappa shape index (κ3) is 2.56. The van der Waals surface area contributed by atoms with Crippen LogP contribution in [-0.2, 0) is 11.2 Å². The van der Waals surface area contributed by atoms with Crippen molar-refractivity contribution in [3.8, 4) is 5.88 Å². The van der Waals surface area contributed by atoms with Gasteiger partial charge in [-0.1, -0.05) is 0 Å². The van der Waals surface area contributed by atoms with Gasteiger partial charge in [-0.3, -0.25) is 4.98 Å². The molecule has 6 nitrogen and oxygen atoms in total. The van der Waals surface area contributed by atoms with Crippen LogP contribution in [0.5, 0.6) is 5.88 Å². The quantitative estimate of drug-likeness (QED) is 0.932. The highest BCUT2D eigenvalue weighted by Gasteiger charge is 2.34. The van der Waals surface area contributed by atoms with Crippen molar-refractivity contribution in [2.24, 2.45) is 0 Å². The van der Waals surface area contributed by atoms with E-state index in [9.17, 15) is 9.90 Å². The van der Waals surface area contributed by atoms with Crippen molar-refractivity contribution in [3.63, 3.8) is 0 Å². The maximum absolute atomic E-state index is 11.7. The lowest BCUT2D eigenvalue weighted by molar-refractivity contribution is -0.138.